The predicted octanol–water partition coefficient (Wildman–Crippen LogP) is 0.626. The van der Waals surface area contributed by atoms with Crippen LogP contribution in [0.15, 0.2) is 23.2 Å². The number of H-pyrrole nitrogens is 1. The third-order valence-corrected chi connectivity index (χ3v) is 4.31. The Kier molecular flexibility index (Phi) is 3.49. The lowest BCUT2D eigenvalue weighted by Gasteiger charge is -2.17. The smallest absolute Gasteiger partial charge is 0.245 e. The fourth-order valence-corrected chi connectivity index (χ4v) is 2.98. The molecule has 1 heterocycles. The van der Waals surface area contributed by atoms with E-state index in [4.69, 9.17) is 5.73 Å². The van der Waals surface area contributed by atoms with Gasteiger partial charge in [-0.2, -0.15) is 5.10 Å². The van der Waals surface area contributed by atoms with Crippen LogP contribution in [0.4, 0.5) is 5.82 Å². The van der Waals surface area contributed by atoms with Gasteiger partial charge in [-0.15, -0.1) is 0 Å². The van der Waals surface area contributed by atoms with Crippen molar-refractivity contribution in [1.82, 2.24) is 14.9 Å². The number of aromatic nitrogens is 2. The van der Waals surface area contributed by atoms with Crippen molar-refractivity contribution in [2.75, 3.05) is 12.3 Å². The number of sulfonamides is 1. The van der Waals surface area contributed by atoms with Gasteiger partial charge in [-0.3, -0.25) is 5.10 Å². The molecule has 0 amide bonds. The first-order valence-electron chi connectivity index (χ1n) is 5.53. The minimum Gasteiger partial charge on any atom is -0.383 e. The highest BCUT2D eigenvalue weighted by atomic mass is 32.2. The number of allylic oxidation sites excluding steroid dienone is 2. The van der Waals surface area contributed by atoms with Crippen molar-refractivity contribution in [2.24, 2.45) is 5.92 Å². The third-order valence-electron chi connectivity index (χ3n) is 2.86. The molecule has 17 heavy (non-hydrogen) atoms. The van der Waals surface area contributed by atoms with Crippen LogP contribution in [-0.4, -0.2) is 25.2 Å². The van der Waals surface area contributed by atoms with Crippen molar-refractivity contribution < 1.29 is 8.42 Å². The number of anilines is 1. The average molecular weight is 256 g/mol. The van der Waals surface area contributed by atoms with Crippen molar-refractivity contribution in [3.8, 4) is 0 Å². The Morgan fingerprint density at radius 2 is 2.35 bits per heavy atom. The van der Waals surface area contributed by atoms with Gasteiger partial charge >= 0.3 is 0 Å². The Morgan fingerprint density at radius 1 is 1.53 bits per heavy atom. The normalized spacial score (nSPS) is 20.6. The van der Waals surface area contributed by atoms with E-state index in [1.54, 1.807) is 0 Å². The molecule has 1 aliphatic carbocycles. The Bertz CT molecular complexity index is 506. The SMILES string of the molecule is Nc1[nH]ncc1S(=O)(=O)NCC1CC=CCC1. The summed E-state index contributed by atoms with van der Waals surface area (Å²) in [4.78, 5) is 0.0175. The fourth-order valence-electron chi connectivity index (χ4n) is 1.85. The van der Waals surface area contributed by atoms with Crippen molar-refractivity contribution >= 4 is 15.8 Å². The van der Waals surface area contributed by atoms with Gasteiger partial charge in [0.1, 0.15) is 10.7 Å². The first-order chi connectivity index (χ1) is 8.09. The number of hydrogen-bond acceptors (Lipinski definition) is 4. The second kappa shape index (κ2) is 4.89. The van der Waals surface area contributed by atoms with E-state index in [2.05, 4.69) is 27.1 Å². The monoisotopic (exact) mass is 256 g/mol. The number of nitrogens with zero attached hydrogens (tertiary/aromatic N) is 1. The number of aromatic amines is 1. The summed E-state index contributed by atoms with van der Waals surface area (Å²) >= 11 is 0. The molecule has 0 radical (unpaired) electrons. The molecule has 1 aromatic rings. The van der Waals surface area contributed by atoms with Crippen LogP contribution < -0.4 is 10.5 Å². The van der Waals surface area contributed by atoms with Crippen molar-refractivity contribution in [3.63, 3.8) is 0 Å². The molecule has 0 fully saturated rings. The first-order valence-corrected chi connectivity index (χ1v) is 7.01. The number of hydrogen-bond donors (Lipinski definition) is 3. The highest BCUT2D eigenvalue weighted by Crippen LogP contribution is 2.19. The van der Waals surface area contributed by atoms with Gasteiger partial charge in [0.25, 0.3) is 0 Å². The van der Waals surface area contributed by atoms with Gasteiger partial charge in [-0.1, -0.05) is 12.2 Å². The van der Waals surface area contributed by atoms with E-state index in [1.807, 2.05) is 0 Å². The maximum absolute atomic E-state index is 11.9. The zero-order valence-electron chi connectivity index (χ0n) is 9.39. The lowest BCUT2D eigenvalue weighted by molar-refractivity contribution is 0.468. The molecule has 6 nitrogen and oxygen atoms in total. The van der Waals surface area contributed by atoms with Crippen LogP contribution in [0.1, 0.15) is 19.3 Å². The van der Waals surface area contributed by atoms with Crippen LogP contribution in [-0.2, 0) is 10.0 Å². The van der Waals surface area contributed by atoms with E-state index < -0.39 is 10.0 Å². The van der Waals surface area contributed by atoms with E-state index in [1.165, 1.54) is 6.20 Å². The van der Waals surface area contributed by atoms with Gasteiger partial charge < -0.3 is 5.73 Å². The summed E-state index contributed by atoms with van der Waals surface area (Å²) in [5.74, 6) is 0.434. The highest BCUT2D eigenvalue weighted by Gasteiger charge is 2.20. The van der Waals surface area contributed by atoms with Crippen LogP contribution in [0.5, 0.6) is 0 Å². The fraction of sp³-hybridized carbons (Fsp3) is 0.500. The topological polar surface area (TPSA) is 101 Å². The predicted molar refractivity (Wildman–Crippen MR) is 64.7 cm³/mol. The molecule has 4 N–H and O–H groups in total. The number of nitrogen functional groups attached to an aromatic ring is 1. The number of rotatable bonds is 4. The standard InChI is InChI=1S/C10H16N4O2S/c11-10-9(7-12-14-10)17(15,16)13-6-8-4-2-1-3-5-8/h1-2,7-8,13H,3-6H2,(H3,11,12,14). The van der Waals surface area contributed by atoms with E-state index >= 15 is 0 Å². The average Bonchev–Trinajstić information content (AvgIpc) is 2.75. The molecule has 1 unspecified atom stereocenters. The Hall–Kier alpha value is -1.34. The summed E-state index contributed by atoms with van der Waals surface area (Å²) < 4.78 is 26.3. The molecule has 0 bridgehead atoms. The molecular weight excluding hydrogens is 240 g/mol. The maximum Gasteiger partial charge on any atom is 0.245 e. The van der Waals surface area contributed by atoms with Crippen molar-refractivity contribution in [2.45, 2.75) is 24.2 Å². The van der Waals surface area contributed by atoms with E-state index in [9.17, 15) is 8.42 Å². The second-order valence-corrected chi connectivity index (χ2v) is 5.89. The van der Waals surface area contributed by atoms with E-state index in [0.29, 0.717) is 12.5 Å². The first kappa shape index (κ1) is 12.1. The van der Waals surface area contributed by atoms with Crippen LogP contribution in [0, 0.1) is 5.92 Å². The molecule has 0 saturated carbocycles. The molecule has 1 aromatic heterocycles. The summed E-state index contributed by atoms with van der Waals surface area (Å²) in [6, 6.07) is 0. The zero-order valence-corrected chi connectivity index (χ0v) is 10.2. The van der Waals surface area contributed by atoms with Crippen LogP contribution >= 0.6 is 0 Å². The molecule has 0 saturated heterocycles. The van der Waals surface area contributed by atoms with Crippen LogP contribution in [0.25, 0.3) is 0 Å². The molecule has 1 atom stereocenters. The summed E-state index contributed by atoms with van der Waals surface area (Å²) in [5.41, 5.74) is 5.49. The van der Waals surface area contributed by atoms with Crippen molar-refractivity contribution in [1.29, 1.82) is 0 Å². The molecule has 0 aromatic carbocycles. The molecule has 2 rings (SSSR count). The van der Waals surface area contributed by atoms with E-state index in [-0.39, 0.29) is 10.7 Å². The summed E-state index contributed by atoms with van der Waals surface area (Å²) in [7, 11) is -3.54. The Balaban J connectivity index is 1.99. The second-order valence-electron chi connectivity index (χ2n) is 4.15. The van der Waals surface area contributed by atoms with Gasteiger partial charge in [0.05, 0.1) is 6.20 Å². The van der Waals surface area contributed by atoms with Gasteiger partial charge in [-0.25, -0.2) is 13.1 Å². The van der Waals surface area contributed by atoms with Gasteiger partial charge in [0, 0.05) is 6.54 Å². The third kappa shape index (κ3) is 2.86. The molecule has 0 spiro atoms. The molecule has 7 heteroatoms. The van der Waals surface area contributed by atoms with Crippen LogP contribution in [0.2, 0.25) is 0 Å². The molecule has 0 aliphatic heterocycles. The Labute approximate surface area is 100 Å². The summed E-state index contributed by atoms with van der Waals surface area (Å²) in [6.45, 7) is 0.442. The largest absolute Gasteiger partial charge is 0.383 e. The minimum atomic E-state index is -3.54. The van der Waals surface area contributed by atoms with Crippen molar-refractivity contribution in [3.05, 3.63) is 18.3 Å². The van der Waals surface area contributed by atoms with Gasteiger partial charge in [0.15, 0.2) is 0 Å². The number of nitrogens with one attached hydrogen (secondary N) is 2. The summed E-state index contributed by atoms with van der Waals surface area (Å²) in [6.07, 6.45) is 8.38. The molecular formula is C10H16N4O2S. The van der Waals surface area contributed by atoms with E-state index in [0.717, 1.165) is 19.3 Å². The maximum atomic E-state index is 11.9. The van der Waals surface area contributed by atoms with Gasteiger partial charge in [0.2, 0.25) is 10.0 Å². The molecule has 1 aliphatic rings. The quantitative estimate of drug-likeness (QED) is 0.687. The minimum absolute atomic E-state index is 0.0175. The summed E-state index contributed by atoms with van der Waals surface area (Å²) in [5, 5.41) is 6.01. The van der Waals surface area contributed by atoms with Crippen LogP contribution in [0.3, 0.4) is 0 Å². The lowest BCUT2D eigenvalue weighted by Crippen LogP contribution is -2.30. The Morgan fingerprint density at radius 3 is 2.94 bits per heavy atom. The molecule has 94 valence electrons. The lowest BCUT2D eigenvalue weighted by atomic mass is 9.95. The number of nitrogens with two attached hydrogens (primary N) is 1. The zero-order chi connectivity index (χ0) is 12.3. The van der Waals surface area contributed by atoms with Gasteiger partial charge in [-0.05, 0) is 25.2 Å². The highest BCUT2D eigenvalue weighted by molar-refractivity contribution is 7.89.